The Hall–Kier alpha value is -6.96. The summed E-state index contributed by atoms with van der Waals surface area (Å²) in [4.78, 5) is 2.46. The Labute approximate surface area is 316 Å². The lowest BCUT2D eigenvalue weighted by Gasteiger charge is -2.32. The second-order valence-electron chi connectivity index (χ2n) is 14.4. The molecule has 252 valence electrons. The first kappa shape index (κ1) is 30.6. The first-order chi connectivity index (χ1) is 26.8. The standard InChI is InChI=1S/C53H35N/c1-2-13-36(14-3-1)38-27-31-42(32-28-38)54(43-33-29-39(30-34-43)41-26-25-37-15-4-5-16-40(37)35-41)51-24-12-23-50-52(51)46-19-8-11-22-49(46)53(50)47-20-9-6-17-44(47)45-18-7-10-21-48(45)53/h1-35H. The molecule has 54 heavy (non-hydrogen) atoms. The molecule has 1 spiro atoms. The molecule has 0 unspecified atom stereocenters. The minimum atomic E-state index is -0.405. The lowest BCUT2D eigenvalue weighted by Crippen LogP contribution is -2.26. The Morgan fingerprint density at radius 2 is 0.759 bits per heavy atom. The highest BCUT2D eigenvalue weighted by Gasteiger charge is 2.52. The maximum Gasteiger partial charge on any atom is 0.0726 e. The molecule has 2 aliphatic rings. The van der Waals surface area contributed by atoms with E-state index in [-0.39, 0.29) is 0 Å². The third kappa shape index (κ3) is 4.45. The fourth-order valence-electron chi connectivity index (χ4n) is 9.34. The second-order valence-corrected chi connectivity index (χ2v) is 14.4. The lowest BCUT2D eigenvalue weighted by atomic mass is 9.70. The summed E-state index contributed by atoms with van der Waals surface area (Å²) in [7, 11) is 0. The van der Waals surface area contributed by atoms with Gasteiger partial charge in [-0.05, 0) is 108 Å². The van der Waals surface area contributed by atoms with Crippen molar-refractivity contribution in [3.63, 3.8) is 0 Å². The number of anilines is 3. The number of hydrogen-bond donors (Lipinski definition) is 0. The first-order valence-electron chi connectivity index (χ1n) is 18.8. The van der Waals surface area contributed by atoms with Crippen LogP contribution in [-0.4, -0.2) is 0 Å². The van der Waals surface area contributed by atoms with Crippen LogP contribution in [0.3, 0.4) is 0 Å². The van der Waals surface area contributed by atoms with E-state index in [1.165, 1.54) is 83.2 Å². The van der Waals surface area contributed by atoms with E-state index in [9.17, 15) is 0 Å². The molecule has 0 aromatic heterocycles. The van der Waals surface area contributed by atoms with Crippen molar-refractivity contribution < 1.29 is 0 Å². The zero-order valence-electron chi connectivity index (χ0n) is 29.7. The molecule has 0 atom stereocenters. The van der Waals surface area contributed by atoms with Gasteiger partial charge in [-0.25, -0.2) is 0 Å². The molecule has 0 amide bonds. The highest BCUT2D eigenvalue weighted by molar-refractivity contribution is 6.01. The third-order valence-electron chi connectivity index (χ3n) is 11.7. The largest absolute Gasteiger partial charge is 0.310 e. The molecule has 1 nitrogen and oxygen atoms in total. The van der Waals surface area contributed by atoms with E-state index in [1.807, 2.05) is 0 Å². The van der Waals surface area contributed by atoms with Gasteiger partial charge in [0.05, 0.1) is 11.1 Å². The smallest absolute Gasteiger partial charge is 0.0726 e. The van der Waals surface area contributed by atoms with E-state index in [1.54, 1.807) is 0 Å². The van der Waals surface area contributed by atoms with Crippen LogP contribution in [0, 0.1) is 0 Å². The SMILES string of the molecule is c1ccc(-c2ccc(N(c3ccc(-c4ccc5ccccc5c4)cc3)c3cccc4c3-c3ccccc3C43c4ccccc4-c4ccccc43)cc2)cc1. The summed E-state index contributed by atoms with van der Waals surface area (Å²) in [5.74, 6) is 0. The van der Waals surface area contributed by atoms with Crippen LogP contribution in [0.5, 0.6) is 0 Å². The molecular weight excluding hydrogens is 651 g/mol. The third-order valence-corrected chi connectivity index (χ3v) is 11.7. The number of nitrogens with zero attached hydrogens (tertiary/aromatic N) is 1. The predicted molar refractivity (Wildman–Crippen MR) is 226 cm³/mol. The molecule has 9 aromatic rings. The molecular formula is C53H35N. The van der Waals surface area contributed by atoms with Crippen LogP contribution in [-0.2, 0) is 5.41 Å². The predicted octanol–water partition coefficient (Wildman–Crippen LogP) is 14.0. The Kier molecular flexibility index (Phi) is 6.84. The Morgan fingerprint density at radius 3 is 1.41 bits per heavy atom. The van der Waals surface area contributed by atoms with E-state index < -0.39 is 5.41 Å². The molecule has 1 heteroatoms. The summed E-state index contributed by atoms with van der Waals surface area (Å²) in [6.45, 7) is 0. The van der Waals surface area contributed by atoms with E-state index in [0.717, 1.165) is 11.4 Å². The van der Waals surface area contributed by atoms with Gasteiger partial charge in [-0.15, -0.1) is 0 Å². The zero-order chi connectivity index (χ0) is 35.6. The quantitative estimate of drug-likeness (QED) is 0.174. The van der Waals surface area contributed by atoms with E-state index in [0.29, 0.717) is 0 Å². The first-order valence-corrected chi connectivity index (χ1v) is 18.8. The van der Waals surface area contributed by atoms with Gasteiger partial charge in [0, 0.05) is 16.9 Å². The summed E-state index contributed by atoms with van der Waals surface area (Å²) in [6.07, 6.45) is 0. The van der Waals surface area contributed by atoms with Gasteiger partial charge < -0.3 is 4.90 Å². The van der Waals surface area contributed by atoms with Crippen LogP contribution in [0.15, 0.2) is 212 Å². The minimum absolute atomic E-state index is 0.405. The highest BCUT2D eigenvalue weighted by atomic mass is 15.1. The van der Waals surface area contributed by atoms with Crippen LogP contribution in [0.1, 0.15) is 22.3 Å². The van der Waals surface area contributed by atoms with E-state index in [2.05, 4.69) is 217 Å². The van der Waals surface area contributed by atoms with Gasteiger partial charge in [-0.3, -0.25) is 0 Å². The summed E-state index contributed by atoms with van der Waals surface area (Å²) in [5.41, 5.74) is 18.4. The summed E-state index contributed by atoms with van der Waals surface area (Å²) >= 11 is 0. The Balaban J connectivity index is 1.13. The maximum atomic E-state index is 2.46. The molecule has 0 bridgehead atoms. The number of rotatable bonds is 5. The van der Waals surface area contributed by atoms with Crippen LogP contribution >= 0.6 is 0 Å². The van der Waals surface area contributed by atoms with Gasteiger partial charge in [0.15, 0.2) is 0 Å². The summed E-state index contributed by atoms with van der Waals surface area (Å²) in [5, 5.41) is 2.51. The van der Waals surface area contributed by atoms with Crippen molar-refractivity contribution in [3.05, 3.63) is 235 Å². The monoisotopic (exact) mass is 685 g/mol. The van der Waals surface area contributed by atoms with Crippen molar-refractivity contribution in [2.75, 3.05) is 4.90 Å². The van der Waals surface area contributed by atoms with Crippen molar-refractivity contribution in [1.29, 1.82) is 0 Å². The molecule has 0 N–H and O–H groups in total. The Morgan fingerprint density at radius 1 is 0.296 bits per heavy atom. The fourth-order valence-corrected chi connectivity index (χ4v) is 9.34. The van der Waals surface area contributed by atoms with Crippen molar-refractivity contribution >= 4 is 27.8 Å². The van der Waals surface area contributed by atoms with Crippen molar-refractivity contribution in [2.45, 2.75) is 5.41 Å². The van der Waals surface area contributed by atoms with Gasteiger partial charge in [0.1, 0.15) is 0 Å². The topological polar surface area (TPSA) is 3.24 Å². The van der Waals surface area contributed by atoms with Crippen LogP contribution in [0.4, 0.5) is 17.1 Å². The molecule has 0 heterocycles. The molecule has 0 fully saturated rings. The van der Waals surface area contributed by atoms with Crippen LogP contribution in [0.25, 0.3) is 55.3 Å². The van der Waals surface area contributed by atoms with Crippen molar-refractivity contribution in [2.24, 2.45) is 0 Å². The summed E-state index contributed by atoms with van der Waals surface area (Å²) in [6, 6.07) is 78.2. The number of hydrogen-bond acceptors (Lipinski definition) is 1. The second kappa shape index (κ2) is 12.0. The van der Waals surface area contributed by atoms with Gasteiger partial charge in [0.2, 0.25) is 0 Å². The molecule has 11 rings (SSSR count). The normalized spacial score (nSPS) is 13.0. The molecule has 0 radical (unpaired) electrons. The average Bonchev–Trinajstić information content (AvgIpc) is 3.72. The zero-order valence-corrected chi connectivity index (χ0v) is 29.7. The van der Waals surface area contributed by atoms with Crippen molar-refractivity contribution in [3.8, 4) is 44.5 Å². The lowest BCUT2D eigenvalue weighted by molar-refractivity contribution is 0.794. The molecule has 0 saturated heterocycles. The minimum Gasteiger partial charge on any atom is -0.310 e. The average molecular weight is 686 g/mol. The van der Waals surface area contributed by atoms with Gasteiger partial charge in [0.25, 0.3) is 0 Å². The van der Waals surface area contributed by atoms with Gasteiger partial charge >= 0.3 is 0 Å². The van der Waals surface area contributed by atoms with E-state index >= 15 is 0 Å². The highest BCUT2D eigenvalue weighted by Crippen LogP contribution is 2.64. The molecule has 2 aliphatic carbocycles. The molecule has 0 saturated carbocycles. The van der Waals surface area contributed by atoms with Crippen LogP contribution < -0.4 is 4.90 Å². The molecule has 0 aliphatic heterocycles. The van der Waals surface area contributed by atoms with Crippen molar-refractivity contribution in [1.82, 2.24) is 0 Å². The number of fused-ring (bicyclic) bond motifs is 11. The summed E-state index contributed by atoms with van der Waals surface area (Å²) < 4.78 is 0. The Bertz CT molecular complexity index is 2820. The van der Waals surface area contributed by atoms with Gasteiger partial charge in [-0.2, -0.15) is 0 Å². The van der Waals surface area contributed by atoms with Gasteiger partial charge in [-0.1, -0.05) is 176 Å². The molecule has 9 aromatic carbocycles. The van der Waals surface area contributed by atoms with E-state index in [4.69, 9.17) is 0 Å². The maximum absolute atomic E-state index is 2.46. The number of benzene rings is 9. The van der Waals surface area contributed by atoms with Crippen LogP contribution in [0.2, 0.25) is 0 Å². The fraction of sp³-hybridized carbons (Fsp3) is 0.0189.